The Balaban J connectivity index is 1.49. The second-order valence-electron chi connectivity index (χ2n) is 6.92. The van der Waals surface area contributed by atoms with Gasteiger partial charge in [0.1, 0.15) is 11.5 Å². The maximum Gasteiger partial charge on any atom is 0.573 e. The Morgan fingerprint density at radius 1 is 1.16 bits per heavy atom. The van der Waals surface area contributed by atoms with E-state index in [9.17, 15) is 18.0 Å². The van der Waals surface area contributed by atoms with Crippen LogP contribution in [-0.2, 0) is 6.54 Å². The van der Waals surface area contributed by atoms with E-state index in [0.717, 1.165) is 11.1 Å². The molecule has 31 heavy (non-hydrogen) atoms. The van der Waals surface area contributed by atoms with Gasteiger partial charge in [0.05, 0.1) is 13.3 Å². The molecule has 4 rings (SSSR count). The molecule has 0 unspecified atom stereocenters. The zero-order valence-electron chi connectivity index (χ0n) is 16.5. The summed E-state index contributed by atoms with van der Waals surface area (Å²) >= 11 is 0. The van der Waals surface area contributed by atoms with Crippen LogP contribution in [0.25, 0.3) is 11.1 Å². The summed E-state index contributed by atoms with van der Waals surface area (Å²) < 4.78 is 46.8. The predicted molar refractivity (Wildman–Crippen MR) is 107 cm³/mol. The summed E-state index contributed by atoms with van der Waals surface area (Å²) in [5, 5.41) is 6.69. The molecule has 1 saturated heterocycles. The number of H-pyrrole nitrogens is 1. The van der Waals surface area contributed by atoms with E-state index < -0.39 is 6.36 Å². The number of benzene rings is 2. The van der Waals surface area contributed by atoms with Crippen LogP contribution in [0.15, 0.2) is 54.9 Å². The van der Waals surface area contributed by atoms with Crippen molar-refractivity contribution >= 4 is 11.7 Å². The van der Waals surface area contributed by atoms with E-state index in [1.165, 1.54) is 18.2 Å². The zero-order chi connectivity index (χ0) is 22.0. The summed E-state index contributed by atoms with van der Waals surface area (Å²) in [5.74, 6) is 0.287. The van der Waals surface area contributed by atoms with E-state index >= 15 is 0 Å². The molecular formula is C21H19F3N4O3. The number of carbonyl (C=O) groups excluding carboxylic acids is 1. The van der Waals surface area contributed by atoms with Gasteiger partial charge in [0.2, 0.25) is 0 Å². The summed E-state index contributed by atoms with van der Waals surface area (Å²) in [4.78, 5) is 16.1. The molecule has 1 N–H and O–H groups in total. The lowest BCUT2D eigenvalue weighted by Gasteiger charge is -2.20. The van der Waals surface area contributed by atoms with E-state index in [0.29, 0.717) is 30.1 Å². The van der Waals surface area contributed by atoms with Gasteiger partial charge in [-0.25, -0.2) is 4.79 Å². The highest BCUT2D eigenvalue weighted by atomic mass is 19.4. The Hall–Kier alpha value is -3.69. The van der Waals surface area contributed by atoms with Crippen molar-refractivity contribution < 1.29 is 27.4 Å². The van der Waals surface area contributed by atoms with Crippen molar-refractivity contribution in [2.45, 2.75) is 12.9 Å². The lowest BCUT2D eigenvalue weighted by atomic mass is 10.1. The molecule has 0 atom stereocenters. The van der Waals surface area contributed by atoms with Gasteiger partial charge in [-0.05, 0) is 29.8 Å². The Bertz CT molecular complexity index is 1070. The summed E-state index contributed by atoms with van der Waals surface area (Å²) in [6, 6.07) is 10.9. The third-order valence-electron chi connectivity index (χ3n) is 4.91. The van der Waals surface area contributed by atoms with Gasteiger partial charge in [0.15, 0.2) is 0 Å². The highest BCUT2D eigenvalue weighted by Gasteiger charge is 2.32. The van der Waals surface area contributed by atoms with E-state index in [2.05, 4.69) is 14.9 Å². The number of amides is 2. The van der Waals surface area contributed by atoms with Crippen molar-refractivity contribution in [1.82, 2.24) is 15.1 Å². The number of alkyl halides is 3. The monoisotopic (exact) mass is 432 g/mol. The molecule has 0 saturated carbocycles. The largest absolute Gasteiger partial charge is 0.573 e. The maximum atomic E-state index is 12.9. The van der Waals surface area contributed by atoms with Gasteiger partial charge in [0.25, 0.3) is 0 Å². The standard InChI is InChI=1S/C21H19F3N4O3/c1-30-19-10-16(5-6-18(19)15-11-25-26-12-15)28-8-7-27(20(28)29)13-14-3-2-4-17(9-14)31-21(22,23)24/h2-6,9-12H,7-8,13H2,1H3,(H,25,26). The van der Waals surface area contributed by atoms with Gasteiger partial charge in [-0.1, -0.05) is 12.1 Å². The van der Waals surface area contributed by atoms with Gasteiger partial charge in [-0.2, -0.15) is 5.10 Å². The number of hydrogen-bond acceptors (Lipinski definition) is 4. The average Bonchev–Trinajstić information content (AvgIpc) is 3.37. The molecule has 1 aliphatic rings. The van der Waals surface area contributed by atoms with Crippen LogP contribution in [0.4, 0.5) is 23.7 Å². The summed E-state index contributed by atoms with van der Waals surface area (Å²) in [5.41, 5.74) is 2.92. The molecule has 2 amide bonds. The third kappa shape index (κ3) is 4.57. The van der Waals surface area contributed by atoms with Crippen molar-refractivity contribution in [3.63, 3.8) is 0 Å². The van der Waals surface area contributed by atoms with E-state index in [-0.39, 0.29) is 18.3 Å². The number of methoxy groups -OCH3 is 1. The molecule has 10 heteroatoms. The number of urea groups is 1. The number of rotatable bonds is 6. The van der Waals surface area contributed by atoms with Crippen LogP contribution in [-0.4, -0.2) is 47.7 Å². The second-order valence-corrected chi connectivity index (χ2v) is 6.92. The summed E-state index contributed by atoms with van der Waals surface area (Å²) in [6.07, 6.45) is -1.34. The van der Waals surface area contributed by atoms with Gasteiger partial charge in [-0.15, -0.1) is 13.2 Å². The fourth-order valence-electron chi connectivity index (χ4n) is 3.51. The molecule has 3 aromatic rings. The van der Waals surface area contributed by atoms with Crippen LogP contribution in [0.2, 0.25) is 0 Å². The lowest BCUT2D eigenvalue weighted by Crippen LogP contribution is -2.31. The number of nitrogens with one attached hydrogen (secondary N) is 1. The average molecular weight is 432 g/mol. The van der Waals surface area contributed by atoms with Crippen LogP contribution in [0.1, 0.15) is 5.56 Å². The topological polar surface area (TPSA) is 70.7 Å². The fraction of sp³-hybridized carbons (Fsp3) is 0.238. The van der Waals surface area contributed by atoms with Crippen molar-refractivity contribution in [1.29, 1.82) is 0 Å². The molecule has 1 fully saturated rings. The van der Waals surface area contributed by atoms with Crippen LogP contribution in [0.5, 0.6) is 11.5 Å². The van der Waals surface area contributed by atoms with Crippen molar-refractivity contribution in [2.24, 2.45) is 0 Å². The first-order valence-electron chi connectivity index (χ1n) is 9.42. The van der Waals surface area contributed by atoms with Crippen LogP contribution < -0.4 is 14.4 Å². The maximum absolute atomic E-state index is 12.9. The third-order valence-corrected chi connectivity index (χ3v) is 4.91. The number of anilines is 1. The Morgan fingerprint density at radius 3 is 2.71 bits per heavy atom. The van der Waals surface area contributed by atoms with Crippen molar-refractivity contribution in [3.05, 3.63) is 60.4 Å². The van der Waals surface area contributed by atoms with Crippen LogP contribution in [0, 0.1) is 0 Å². The molecule has 1 aliphatic heterocycles. The number of aromatic nitrogens is 2. The Morgan fingerprint density at radius 2 is 2.00 bits per heavy atom. The normalized spacial score (nSPS) is 14.3. The molecule has 2 heterocycles. The number of hydrogen-bond donors (Lipinski definition) is 1. The number of carbonyl (C=O) groups is 1. The second kappa shape index (κ2) is 8.21. The molecule has 162 valence electrons. The molecule has 2 aromatic carbocycles. The highest BCUT2D eigenvalue weighted by molar-refractivity contribution is 5.95. The minimum atomic E-state index is -4.76. The van der Waals surface area contributed by atoms with Crippen LogP contribution >= 0.6 is 0 Å². The predicted octanol–water partition coefficient (Wildman–Crippen LogP) is 4.43. The summed E-state index contributed by atoms with van der Waals surface area (Å²) in [7, 11) is 1.55. The SMILES string of the molecule is COc1cc(N2CCN(Cc3cccc(OC(F)(F)F)c3)C2=O)ccc1-c1cn[nH]c1. The number of halogens is 3. The van der Waals surface area contributed by atoms with Crippen molar-refractivity contribution in [2.75, 3.05) is 25.1 Å². The smallest absolute Gasteiger partial charge is 0.496 e. The van der Waals surface area contributed by atoms with Gasteiger partial charge < -0.3 is 14.4 Å². The number of nitrogens with zero attached hydrogens (tertiary/aromatic N) is 3. The zero-order valence-corrected chi connectivity index (χ0v) is 16.5. The molecule has 1 aromatic heterocycles. The Labute approximate surface area is 176 Å². The van der Waals surface area contributed by atoms with Gasteiger partial charge in [0, 0.05) is 48.7 Å². The first-order valence-corrected chi connectivity index (χ1v) is 9.42. The van der Waals surface area contributed by atoms with Gasteiger partial charge in [-0.3, -0.25) is 10.00 Å². The summed E-state index contributed by atoms with van der Waals surface area (Å²) in [6.45, 7) is 1.06. The molecule has 0 bridgehead atoms. The van der Waals surface area contributed by atoms with Crippen molar-refractivity contribution in [3.8, 4) is 22.6 Å². The fourth-order valence-corrected chi connectivity index (χ4v) is 3.51. The lowest BCUT2D eigenvalue weighted by molar-refractivity contribution is -0.274. The molecule has 0 spiro atoms. The highest BCUT2D eigenvalue weighted by Crippen LogP contribution is 2.34. The minimum Gasteiger partial charge on any atom is -0.496 e. The first kappa shape index (κ1) is 20.6. The first-order chi connectivity index (χ1) is 14.8. The molecule has 0 radical (unpaired) electrons. The number of aromatic amines is 1. The molecule has 7 nitrogen and oxygen atoms in total. The minimum absolute atomic E-state index is 0.175. The van der Waals surface area contributed by atoms with E-state index in [1.807, 2.05) is 12.1 Å². The van der Waals surface area contributed by atoms with E-state index in [4.69, 9.17) is 4.74 Å². The van der Waals surface area contributed by atoms with Crippen LogP contribution in [0.3, 0.4) is 0 Å². The van der Waals surface area contributed by atoms with E-state index in [1.54, 1.807) is 41.4 Å². The number of ether oxygens (including phenoxy) is 2. The molecule has 0 aliphatic carbocycles. The van der Waals surface area contributed by atoms with Gasteiger partial charge >= 0.3 is 12.4 Å². The molecular weight excluding hydrogens is 413 g/mol. The quantitative estimate of drug-likeness (QED) is 0.626. The Kier molecular flexibility index (Phi) is 5.45.